The zero-order valence-corrected chi connectivity index (χ0v) is 14.0. The van der Waals surface area contributed by atoms with Gasteiger partial charge >= 0.3 is 0 Å². The molecule has 0 fully saturated rings. The van der Waals surface area contributed by atoms with Crippen molar-refractivity contribution in [2.75, 3.05) is 0 Å². The number of pyridine rings is 2. The fraction of sp³-hybridized carbons (Fsp3) is 0.0909. The van der Waals surface area contributed by atoms with Gasteiger partial charge < -0.3 is 0 Å². The van der Waals surface area contributed by atoms with Crippen LogP contribution in [0.15, 0.2) is 85.3 Å². The molecule has 2 aromatic carbocycles. The van der Waals surface area contributed by atoms with Crippen LogP contribution in [-0.4, -0.2) is 0 Å². The summed E-state index contributed by atoms with van der Waals surface area (Å²) in [7, 11) is 2.07. The average Bonchev–Trinajstić information content (AvgIpc) is 2.64. The molecule has 0 amide bonds. The normalized spacial score (nSPS) is 10.9. The smallest absolute Gasteiger partial charge is 0.205 e. The SMILES string of the molecule is Cc1cc(-c2cc[n+](-c3ccc4ccccc4c3)cc2)cc[n+]1C. The van der Waals surface area contributed by atoms with Crippen molar-refractivity contribution in [2.24, 2.45) is 7.05 Å². The maximum atomic E-state index is 2.22. The molecular formula is C22H20N2+2. The van der Waals surface area contributed by atoms with Crippen LogP contribution in [-0.2, 0) is 7.05 Å². The van der Waals surface area contributed by atoms with E-state index in [9.17, 15) is 0 Å². The van der Waals surface area contributed by atoms with Crippen LogP contribution in [0.2, 0.25) is 0 Å². The van der Waals surface area contributed by atoms with Gasteiger partial charge in [0.15, 0.2) is 24.3 Å². The Labute approximate surface area is 142 Å². The molecule has 0 N–H and O–H groups in total. The zero-order valence-electron chi connectivity index (χ0n) is 14.0. The largest absolute Gasteiger partial charge is 0.211 e. The average molecular weight is 312 g/mol. The number of nitrogens with zero attached hydrogens (tertiary/aromatic N) is 2. The summed E-state index contributed by atoms with van der Waals surface area (Å²) in [6, 6.07) is 23.7. The van der Waals surface area contributed by atoms with Gasteiger partial charge in [-0.15, -0.1) is 0 Å². The monoisotopic (exact) mass is 312 g/mol. The number of rotatable bonds is 2. The molecule has 24 heavy (non-hydrogen) atoms. The summed E-state index contributed by atoms with van der Waals surface area (Å²) in [4.78, 5) is 0. The van der Waals surface area contributed by atoms with Crippen molar-refractivity contribution in [3.05, 3.63) is 91.0 Å². The van der Waals surface area contributed by atoms with Gasteiger partial charge in [0.05, 0.1) is 0 Å². The Morgan fingerprint density at radius 1 is 0.667 bits per heavy atom. The molecule has 0 bridgehead atoms. The number of aryl methyl sites for hydroxylation is 2. The molecule has 0 aliphatic carbocycles. The summed E-state index contributed by atoms with van der Waals surface area (Å²) < 4.78 is 4.29. The Morgan fingerprint density at radius 3 is 2.12 bits per heavy atom. The third-order valence-corrected chi connectivity index (χ3v) is 4.59. The Morgan fingerprint density at radius 2 is 1.38 bits per heavy atom. The van der Waals surface area contributed by atoms with Crippen molar-refractivity contribution in [1.29, 1.82) is 0 Å². The maximum absolute atomic E-state index is 2.22. The van der Waals surface area contributed by atoms with Gasteiger partial charge in [-0.2, -0.15) is 4.57 Å². The van der Waals surface area contributed by atoms with Gasteiger partial charge in [-0.1, -0.05) is 24.3 Å². The summed E-state index contributed by atoms with van der Waals surface area (Å²) in [5.41, 5.74) is 4.90. The lowest BCUT2D eigenvalue weighted by atomic mass is 10.1. The second-order valence-corrected chi connectivity index (χ2v) is 6.19. The van der Waals surface area contributed by atoms with E-state index in [0.29, 0.717) is 0 Å². The van der Waals surface area contributed by atoms with E-state index < -0.39 is 0 Å². The first-order valence-corrected chi connectivity index (χ1v) is 8.18. The summed E-state index contributed by atoms with van der Waals surface area (Å²) in [5, 5.41) is 2.53. The summed E-state index contributed by atoms with van der Waals surface area (Å²) in [5.74, 6) is 0. The molecule has 0 aliphatic heterocycles. The molecule has 2 heterocycles. The minimum Gasteiger partial charge on any atom is -0.205 e. The van der Waals surface area contributed by atoms with E-state index in [1.807, 2.05) is 0 Å². The van der Waals surface area contributed by atoms with Gasteiger partial charge in [0, 0.05) is 43.3 Å². The van der Waals surface area contributed by atoms with Crippen LogP contribution in [0.5, 0.6) is 0 Å². The van der Waals surface area contributed by atoms with E-state index in [0.717, 1.165) is 0 Å². The van der Waals surface area contributed by atoms with Crippen LogP contribution >= 0.6 is 0 Å². The van der Waals surface area contributed by atoms with Gasteiger partial charge in [0.1, 0.15) is 7.05 Å². The molecule has 4 rings (SSSR count). The van der Waals surface area contributed by atoms with Gasteiger partial charge in [-0.25, -0.2) is 4.57 Å². The number of benzene rings is 2. The van der Waals surface area contributed by atoms with Crippen LogP contribution in [0.4, 0.5) is 0 Å². The molecule has 116 valence electrons. The Hall–Kier alpha value is -3.00. The Kier molecular flexibility index (Phi) is 3.58. The van der Waals surface area contributed by atoms with E-state index in [1.165, 1.54) is 33.3 Å². The van der Waals surface area contributed by atoms with E-state index in [-0.39, 0.29) is 0 Å². The lowest BCUT2D eigenvalue weighted by molar-refractivity contribution is -0.677. The first kappa shape index (κ1) is 14.6. The minimum atomic E-state index is 1.18. The number of fused-ring (bicyclic) bond motifs is 1. The van der Waals surface area contributed by atoms with E-state index in [4.69, 9.17) is 0 Å². The van der Waals surface area contributed by atoms with Crippen LogP contribution in [0.3, 0.4) is 0 Å². The first-order chi connectivity index (χ1) is 11.7. The number of aromatic nitrogens is 2. The van der Waals surface area contributed by atoms with Crippen molar-refractivity contribution in [3.63, 3.8) is 0 Å². The highest BCUT2D eigenvalue weighted by atomic mass is 14.9. The Bertz CT molecular complexity index is 1020. The third kappa shape index (κ3) is 2.67. The molecule has 0 radical (unpaired) electrons. The second-order valence-electron chi connectivity index (χ2n) is 6.19. The van der Waals surface area contributed by atoms with Gasteiger partial charge in [-0.3, -0.25) is 0 Å². The van der Waals surface area contributed by atoms with Crippen LogP contribution < -0.4 is 9.13 Å². The predicted molar refractivity (Wildman–Crippen MR) is 96.8 cm³/mol. The Balaban J connectivity index is 1.70. The standard InChI is InChI=1S/C22H20N2/c1-17-15-21(9-12-23(17)2)19-10-13-24(14-11-19)22-8-7-18-5-3-4-6-20(18)16-22/h3-16H,1-2H3/q+2. The molecule has 4 aromatic rings. The van der Waals surface area contributed by atoms with Crippen molar-refractivity contribution in [1.82, 2.24) is 0 Å². The first-order valence-electron chi connectivity index (χ1n) is 8.18. The van der Waals surface area contributed by atoms with E-state index in [1.54, 1.807) is 0 Å². The fourth-order valence-electron chi connectivity index (χ4n) is 2.99. The van der Waals surface area contributed by atoms with Crippen LogP contribution in [0, 0.1) is 6.92 Å². The number of hydrogen-bond donors (Lipinski definition) is 0. The molecule has 0 saturated carbocycles. The van der Waals surface area contributed by atoms with Crippen molar-refractivity contribution in [2.45, 2.75) is 6.92 Å². The number of hydrogen-bond acceptors (Lipinski definition) is 0. The summed E-state index contributed by atoms with van der Waals surface area (Å²) in [6.07, 6.45) is 6.36. The van der Waals surface area contributed by atoms with Crippen LogP contribution in [0.25, 0.3) is 27.6 Å². The highest BCUT2D eigenvalue weighted by molar-refractivity contribution is 5.83. The van der Waals surface area contributed by atoms with Crippen molar-refractivity contribution < 1.29 is 9.13 Å². The molecular weight excluding hydrogens is 292 g/mol. The molecule has 2 heteroatoms. The van der Waals surface area contributed by atoms with E-state index >= 15 is 0 Å². The maximum Gasteiger partial charge on any atom is 0.211 e. The lowest BCUT2D eigenvalue weighted by Crippen LogP contribution is -2.31. The highest BCUT2D eigenvalue weighted by Gasteiger charge is 2.09. The molecule has 0 spiro atoms. The lowest BCUT2D eigenvalue weighted by Gasteiger charge is -2.03. The highest BCUT2D eigenvalue weighted by Crippen LogP contribution is 2.19. The van der Waals surface area contributed by atoms with E-state index in [2.05, 4.69) is 108 Å². The molecule has 0 saturated heterocycles. The van der Waals surface area contributed by atoms with Crippen molar-refractivity contribution >= 4 is 10.8 Å². The summed E-state index contributed by atoms with van der Waals surface area (Å²) in [6.45, 7) is 2.13. The van der Waals surface area contributed by atoms with Gasteiger partial charge in [-0.05, 0) is 28.0 Å². The topological polar surface area (TPSA) is 7.76 Å². The molecule has 2 nitrogen and oxygen atoms in total. The minimum absolute atomic E-state index is 1.18. The van der Waals surface area contributed by atoms with Gasteiger partial charge in [0.25, 0.3) is 0 Å². The molecule has 0 aliphatic rings. The zero-order chi connectivity index (χ0) is 16.5. The molecule has 0 atom stereocenters. The van der Waals surface area contributed by atoms with Gasteiger partial charge in [0.2, 0.25) is 5.69 Å². The molecule has 0 unspecified atom stereocenters. The quantitative estimate of drug-likeness (QED) is 0.496. The second kappa shape index (κ2) is 5.89. The fourth-order valence-corrected chi connectivity index (χ4v) is 2.99. The predicted octanol–water partition coefficient (Wildman–Crippen LogP) is 3.92. The van der Waals surface area contributed by atoms with Crippen LogP contribution in [0.1, 0.15) is 5.69 Å². The van der Waals surface area contributed by atoms with Crippen molar-refractivity contribution in [3.8, 4) is 16.8 Å². The summed E-state index contributed by atoms with van der Waals surface area (Å²) >= 11 is 0. The molecule has 2 aromatic heterocycles. The third-order valence-electron chi connectivity index (χ3n) is 4.59.